The summed E-state index contributed by atoms with van der Waals surface area (Å²) in [6, 6.07) is 10.7. The molecule has 1 aromatic heterocycles. The van der Waals surface area contributed by atoms with E-state index in [0.717, 1.165) is 11.4 Å². The molecule has 0 spiro atoms. The predicted molar refractivity (Wildman–Crippen MR) is 117 cm³/mol. The highest BCUT2D eigenvalue weighted by Crippen LogP contribution is 2.43. The van der Waals surface area contributed by atoms with Crippen molar-refractivity contribution < 1.29 is 23.8 Å². The van der Waals surface area contributed by atoms with E-state index >= 15 is 0 Å². The van der Waals surface area contributed by atoms with E-state index in [1.54, 1.807) is 24.3 Å². The molecule has 166 valence electrons. The lowest BCUT2D eigenvalue weighted by molar-refractivity contribution is -0.118. The van der Waals surface area contributed by atoms with Gasteiger partial charge in [-0.2, -0.15) is 5.10 Å². The Bertz CT molecular complexity index is 1170. The average molecular weight is 436 g/mol. The van der Waals surface area contributed by atoms with Crippen molar-refractivity contribution in [3.05, 3.63) is 53.3 Å². The minimum atomic E-state index is -0.706. The van der Waals surface area contributed by atoms with Gasteiger partial charge < -0.3 is 19.5 Å². The van der Waals surface area contributed by atoms with E-state index in [1.165, 1.54) is 14.2 Å². The van der Waals surface area contributed by atoms with E-state index in [-0.39, 0.29) is 23.8 Å². The number of hydrogen-bond acceptors (Lipinski definition) is 7. The van der Waals surface area contributed by atoms with Crippen LogP contribution < -0.4 is 14.8 Å². The molecule has 32 heavy (non-hydrogen) atoms. The zero-order valence-corrected chi connectivity index (χ0v) is 18.3. The van der Waals surface area contributed by atoms with Crippen molar-refractivity contribution in [1.29, 1.82) is 0 Å². The molecular weight excluding hydrogens is 412 g/mol. The molecule has 1 amide bonds. The van der Waals surface area contributed by atoms with Crippen LogP contribution >= 0.6 is 0 Å². The highest BCUT2D eigenvalue weighted by Gasteiger charge is 2.36. The number of benzene rings is 2. The third-order valence-corrected chi connectivity index (χ3v) is 5.20. The first-order valence-electron chi connectivity index (χ1n) is 10.2. The van der Waals surface area contributed by atoms with Crippen molar-refractivity contribution in [1.82, 2.24) is 15.2 Å². The van der Waals surface area contributed by atoms with Gasteiger partial charge in [0.05, 0.1) is 20.6 Å². The van der Waals surface area contributed by atoms with Crippen LogP contribution in [0.2, 0.25) is 0 Å². The number of H-pyrrole nitrogens is 1. The minimum absolute atomic E-state index is 0.0311. The molecular formula is C23H24N4O5. The Labute approximate surface area is 185 Å². The van der Waals surface area contributed by atoms with Gasteiger partial charge in [0, 0.05) is 22.7 Å². The van der Waals surface area contributed by atoms with Crippen LogP contribution in [0.4, 0.5) is 5.69 Å². The number of carbonyl (C=O) groups excluding carboxylic acids is 2. The van der Waals surface area contributed by atoms with Crippen molar-refractivity contribution in [2.45, 2.75) is 32.3 Å². The van der Waals surface area contributed by atoms with Crippen molar-refractivity contribution in [3.8, 4) is 22.9 Å². The molecule has 0 saturated carbocycles. The summed E-state index contributed by atoms with van der Waals surface area (Å²) in [5.74, 6) is 1.49. The minimum Gasteiger partial charge on any atom is -0.493 e. The maximum atomic E-state index is 12.7. The number of rotatable bonds is 7. The van der Waals surface area contributed by atoms with E-state index in [9.17, 15) is 9.59 Å². The second kappa shape index (κ2) is 8.70. The molecule has 0 radical (unpaired) electrons. The van der Waals surface area contributed by atoms with Crippen LogP contribution in [0.3, 0.4) is 0 Å². The van der Waals surface area contributed by atoms with Crippen molar-refractivity contribution in [2.24, 2.45) is 0 Å². The third-order valence-electron chi connectivity index (χ3n) is 5.20. The Morgan fingerprint density at radius 3 is 2.72 bits per heavy atom. The molecule has 1 atom stereocenters. The SMILES string of the molecule is COc1ccc2c(c1OC)C(=O)OC2CC(=O)Nc1cccc(-c2n[nH]c(C(C)C)n2)c1. The highest BCUT2D eigenvalue weighted by atomic mass is 16.6. The standard InChI is InChI=1S/C23H24N4O5/c1-12(2)21-25-22(27-26-21)13-6-5-7-14(10-13)24-18(28)11-17-15-8-9-16(30-3)20(31-4)19(15)23(29)32-17/h5-10,12,17H,11H2,1-4H3,(H,24,28)(H,25,26,27). The number of ether oxygens (including phenoxy) is 3. The van der Waals surface area contributed by atoms with E-state index in [2.05, 4.69) is 20.5 Å². The maximum absolute atomic E-state index is 12.7. The molecule has 4 rings (SSSR count). The van der Waals surface area contributed by atoms with Gasteiger partial charge in [-0.05, 0) is 18.2 Å². The molecule has 1 aliphatic rings. The molecule has 0 aliphatic carbocycles. The number of carbonyl (C=O) groups is 2. The van der Waals surface area contributed by atoms with Crippen LogP contribution in [-0.4, -0.2) is 41.3 Å². The Morgan fingerprint density at radius 2 is 2.03 bits per heavy atom. The van der Waals surface area contributed by atoms with Crippen LogP contribution in [0.1, 0.15) is 54.0 Å². The maximum Gasteiger partial charge on any atom is 0.343 e. The van der Waals surface area contributed by atoms with Gasteiger partial charge in [0.2, 0.25) is 5.91 Å². The van der Waals surface area contributed by atoms with Gasteiger partial charge in [-0.3, -0.25) is 9.89 Å². The van der Waals surface area contributed by atoms with Crippen molar-refractivity contribution in [3.63, 3.8) is 0 Å². The van der Waals surface area contributed by atoms with Gasteiger partial charge in [0.1, 0.15) is 17.5 Å². The number of fused-ring (bicyclic) bond motifs is 1. The van der Waals surface area contributed by atoms with Crippen LogP contribution in [0, 0.1) is 0 Å². The van der Waals surface area contributed by atoms with Crippen LogP contribution in [0.15, 0.2) is 36.4 Å². The molecule has 2 N–H and O–H groups in total. The monoisotopic (exact) mass is 436 g/mol. The van der Waals surface area contributed by atoms with Gasteiger partial charge in [-0.25, -0.2) is 9.78 Å². The lowest BCUT2D eigenvalue weighted by Gasteiger charge is -2.13. The zero-order valence-electron chi connectivity index (χ0n) is 18.3. The van der Waals surface area contributed by atoms with E-state index < -0.39 is 12.1 Å². The average Bonchev–Trinajstić information content (AvgIpc) is 3.39. The fraction of sp³-hybridized carbons (Fsp3) is 0.304. The number of esters is 1. The summed E-state index contributed by atoms with van der Waals surface area (Å²) in [6.07, 6.45) is -0.738. The first-order chi connectivity index (χ1) is 15.4. The highest BCUT2D eigenvalue weighted by molar-refractivity contribution is 5.99. The van der Waals surface area contributed by atoms with Gasteiger partial charge >= 0.3 is 5.97 Å². The number of nitrogens with zero attached hydrogens (tertiary/aromatic N) is 2. The number of cyclic esters (lactones) is 1. The molecule has 1 aliphatic heterocycles. The number of aromatic amines is 1. The van der Waals surface area contributed by atoms with Gasteiger partial charge in [-0.15, -0.1) is 0 Å². The van der Waals surface area contributed by atoms with Crippen molar-refractivity contribution in [2.75, 3.05) is 19.5 Å². The van der Waals surface area contributed by atoms with Crippen LogP contribution in [0.25, 0.3) is 11.4 Å². The summed E-state index contributed by atoms with van der Waals surface area (Å²) in [4.78, 5) is 29.6. The summed E-state index contributed by atoms with van der Waals surface area (Å²) in [6.45, 7) is 4.06. The molecule has 0 bridgehead atoms. The summed E-state index contributed by atoms with van der Waals surface area (Å²) in [5, 5.41) is 10.0. The largest absolute Gasteiger partial charge is 0.493 e. The topological polar surface area (TPSA) is 115 Å². The molecule has 3 aromatic rings. The Balaban J connectivity index is 1.49. The first kappa shape index (κ1) is 21.4. The number of anilines is 1. The van der Waals surface area contributed by atoms with Gasteiger partial charge in [0.25, 0.3) is 0 Å². The Kier molecular flexibility index (Phi) is 5.81. The number of aromatic nitrogens is 3. The summed E-state index contributed by atoms with van der Waals surface area (Å²) >= 11 is 0. The molecule has 0 fully saturated rings. The molecule has 1 unspecified atom stereocenters. The van der Waals surface area contributed by atoms with Crippen molar-refractivity contribution >= 4 is 17.6 Å². The Morgan fingerprint density at radius 1 is 1.22 bits per heavy atom. The van der Waals surface area contributed by atoms with E-state index in [0.29, 0.717) is 28.6 Å². The molecule has 9 heteroatoms. The van der Waals surface area contributed by atoms with E-state index in [4.69, 9.17) is 14.2 Å². The number of methoxy groups -OCH3 is 2. The van der Waals surface area contributed by atoms with Gasteiger partial charge in [0.15, 0.2) is 17.3 Å². The second-order valence-corrected chi connectivity index (χ2v) is 7.69. The predicted octanol–water partition coefficient (Wildman–Crippen LogP) is 3.85. The van der Waals surface area contributed by atoms with Crippen LogP contribution in [-0.2, 0) is 9.53 Å². The number of nitrogens with one attached hydrogen (secondary N) is 2. The summed E-state index contributed by atoms with van der Waals surface area (Å²) in [5.41, 5.74) is 2.26. The number of hydrogen-bond donors (Lipinski definition) is 2. The molecule has 0 saturated heterocycles. The van der Waals surface area contributed by atoms with E-state index in [1.807, 2.05) is 26.0 Å². The lowest BCUT2D eigenvalue weighted by atomic mass is 10.0. The zero-order chi connectivity index (χ0) is 22.8. The smallest absolute Gasteiger partial charge is 0.343 e. The fourth-order valence-corrected chi connectivity index (χ4v) is 3.60. The second-order valence-electron chi connectivity index (χ2n) is 7.69. The van der Waals surface area contributed by atoms with Crippen LogP contribution in [0.5, 0.6) is 11.5 Å². The fourth-order valence-electron chi connectivity index (χ4n) is 3.60. The normalized spacial score (nSPS) is 14.8. The van der Waals surface area contributed by atoms with Gasteiger partial charge in [-0.1, -0.05) is 32.0 Å². The molecule has 2 aromatic carbocycles. The number of amides is 1. The first-order valence-corrected chi connectivity index (χ1v) is 10.2. The quantitative estimate of drug-likeness (QED) is 0.541. The molecule has 9 nitrogen and oxygen atoms in total. The Hall–Kier alpha value is -3.88. The summed E-state index contributed by atoms with van der Waals surface area (Å²) in [7, 11) is 2.95. The molecule has 2 heterocycles. The summed E-state index contributed by atoms with van der Waals surface area (Å²) < 4.78 is 16.0. The third kappa shape index (κ3) is 4.01. The lowest BCUT2D eigenvalue weighted by Crippen LogP contribution is -2.15.